The minimum absolute atomic E-state index is 0.329. The molecule has 0 saturated carbocycles. The Hall–Kier alpha value is -0.510. The van der Waals surface area contributed by atoms with Gasteiger partial charge in [0.1, 0.15) is 0 Å². The van der Waals surface area contributed by atoms with Crippen molar-refractivity contribution in [2.75, 3.05) is 0 Å². The molecule has 0 aromatic carbocycles. The van der Waals surface area contributed by atoms with Gasteiger partial charge in [-0.25, -0.2) is 0 Å². The Kier molecular flexibility index (Phi) is 11.9. The van der Waals surface area contributed by atoms with Crippen molar-refractivity contribution in [3.05, 3.63) is 0 Å². The van der Waals surface area contributed by atoms with Crippen molar-refractivity contribution in [3.8, 4) is 6.07 Å². The molecule has 0 radical (unpaired) electrons. The maximum atomic E-state index is 8.18. The molecule has 0 N–H and O–H groups in total. The molecular weight excluding hydrogens is 218 g/mol. The van der Waals surface area contributed by atoms with Gasteiger partial charge in [0.15, 0.2) is 0 Å². The molecule has 0 rings (SSSR count). The van der Waals surface area contributed by atoms with E-state index in [0.29, 0.717) is 22.7 Å². The first-order valence-electron chi connectivity index (χ1n) is 6.93. The van der Waals surface area contributed by atoms with Gasteiger partial charge in [-0.2, -0.15) is 5.26 Å². The summed E-state index contributed by atoms with van der Waals surface area (Å²) in [5.74, 6) is 0. The van der Waals surface area contributed by atoms with E-state index in [9.17, 15) is 0 Å². The predicted molar refractivity (Wildman–Crippen MR) is 84.6 cm³/mol. The summed E-state index contributed by atoms with van der Waals surface area (Å²) in [6.45, 7) is 23.9. The van der Waals surface area contributed by atoms with Crippen LogP contribution >= 0.6 is 0 Å². The summed E-state index contributed by atoms with van der Waals surface area (Å²) in [4.78, 5) is 0. The van der Waals surface area contributed by atoms with Gasteiger partial charge in [0.25, 0.3) is 0 Å². The quantitative estimate of drug-likeness (QED) is 0.529. The number of rotatable bonds is 1. The van der Waals surface area contributed by atoms with Crippen molar-refractivity contribution in [2.24, 2.45) is 16.2 Å². The van der Waals surface area contributed by atoms with E-state index in [-0.39, 0.29) is 0 Å². The predicted octanol–water partition coefficient (Wildman–Crippen LogP) is 6.44. The standard InChI is InChI=1S/C7H13N.2C5H12/c1-7(2,3)5-4-6-8;2*1-5(2,3)4/h4-5H2,1-3H3;2*1-4H3. The molecule has 0 unspecified atom stereocenters. The summed E-state index contributed by atoms with van der Waals surface area (Å²) in [6, 6.07) is 2.12. The summed E-state index contributed by atoms with van der Waals surface area (Å²) in [7, 11) is 0. The van der Waals surface area contributed by atoms with Gasteiger partial charge in [0.05, 0.1) is 6.07 Å². The first kappa shape index (κ1) is 22.7. The van der Waals surface area contributed by atoms with Crippen LogP contribution in [0.4, 0.5) is 0 Å². The Morgan fingerprint density at radius 3 is 0.944 bits per heavy atom. The highest BCUT2D eigenvalue weighted by Gasteiger charge is 2.07. The van der Waals surface area contributed by atoms with Gasteiger partial charge in [-0.05, 0) is 22.7 Å². The van der Waals surface area contributed by atoms with Crippen LogP contribution in [-0.4, -0.2) is 0 Å². The fourth-order valence-electron chi connectivity index (χ4n) is 0.431. The lowest BCUT2D eigenvalue weighted by Crippen LogP contribution is -2.02. The van der Waals surface area contributed by atoms with Crippen LogP contribution < -0.4 is 0 Å². The van der Waals surface area contributed by atoms with Crippen LogP contribution in [0.15, 0.2) is 0 Å². The van der Waals surface area contributed by atoms with Crippen LogP contribution in [0.2, 0.25) is 0 Å². The molecule has 0 bridgehead atoms. The molecule has 0 atom stereocenters. The second kappa shape index (κ2) is 9.42. The van der Waals surface area contributed by atoms with Gasteiger partial charge in [0.2, 0.25) is 0 Å². The lowest BCUT2D eigenvalue weighted by molar-refractivity contribution is 0.383. The molecular formula is C17H37N. The zero-order valence-electron chi connectivity index (χ0n) is 14.9. The summed E-state index contributed by atoms with van der Waals surface area (Å²) < 4.78 is 0. The van der Waals surface area contributed by atoms with E-state index in [2.05, 4.69) is 82.2 Å². The summed E-state index contributed by atoms with van der Waals surface area (Å²) in [5.41, 5.74) is 1.33. The monoisotopic (exact) mass is 255 g/mol. The third-order valence-electron chi connectivity index (χ3n) is 0.987. The highest BCUT2D eigenvalue weighted by Crippen LogP contribution is 2.19. The Labute approximate surface area is 117 Å². The number of nitrogens with zero attached hydrogens (tertiary/aromatic N) is 1. The lowest BCUT2D eigenvalue weighted by atomic mass is 9.91. The zero-order valence-corrected chi connectivity index (χ0v) is 14.9. The summed E-state index contributed by atoms with van der Waals surface area (Å²) in [5, 5.41) is 8.18. The SMILES string of the molecule is CC(C)(C)C.CC(C)(C)C.CC(C)(C)CCC#N. The van der Waals surface area contributed by atoms with E-state index in [1.165, 1.54) is 0 Å². The second-order valence-electron chi connectivity index (χ2n) is 9.22. The molecule has 0 aliphatic rings. The molecule has 0 saturated heterocycles. The third kappa shape index (κ3) is 161. The van der Waals surface area contributed by atoms with E-state index < -0.39 is 0 Å². The lowest BCUT2D eigenvalue weighted by Gasteiger charge is -2.14. The molecule has 0 aromatic rings. The van der Waals surface area contributed by atoms with Gasteiger partial charge >= 0.3 is 0 Å². The van der Waals surface area contributed by atoms with Crippen LogP contribution in [0.25, 0.3) is 0 Å². The average Bonchev–Trinajstić information content (AvgIpc) is 1.92. The van der Waals surface area contributed by atoms with Gasteiger partial charge in [0, 0.05) is 6.42 Å². The van der Waals surface area contributed by atoms with Gasteiger partial charge in [-0.15, -0.1) is 0 Å². The smallest absolute Gasteiger partial charge is 0.0621 e. The molecule has 1 nitrogen and oxygen atoms in total. The van der Waals surface area contributed by atoms with Crippen LogP contribution in [0.5, 0.6) is 0 Å². The van der Waals surface area contributed by atoms with Crippen LogP contribution in [-0.2, 0) is 0 Å². The Bertz CT molecular complexity index is 188. The molecule has 110 valence electrons. The molecule has 0 aliphatic heterocycles. The second-order valence-corrected chi connectivity index (χ2v) is 9.22. The van der Waals surface area contributed by atoms with E-state index in [1.807, 2.05) is 0 Å². The summed E-state index contributed by atoms with van der Waals surface area (Å²) >= 11 is 0. The van der Waals surface area contributed by atoms with Gasteiger partial charge in [-0.1, -0.05) is 76.2 Å². The molecule has 0 aliphatic carbocycles. The minimum Gasteiger partial charge on any atom is -0.198 e. The fourth-order valence-corrected chi connectivity index (χ4v) is 0.431. The molecule has 0 aromatic heterocycles. The van der Waals surface area contributed by atoms with Crippen molar-refractivity contribution in [1.29, 1.82) is 5.26 Å². The van der Waals surface area contributed by atoms with Crippen LogP contribution in [0.3, 0.4) is 0 Å². The molecule has 0 fully saturated rings. The third-order valence-corrected chi connectivity index (χ3v) is 0.987. The van der Waals surface area contributed by atoms with Gasteiger partial charge < -0.3 is 0 Å². The number of hydrogen-bond donors (Lipinski definition) is 0. The fraction of sp³-hybridized carbons (Fsp3) is 0.941. The van der Waals surface area contributed by atoms with Gasteiger partial charge in [-0.3, -0.25) is 0 Å². The van der Waals surface area contributed by atoms with Crippen molar-refractivity contribution >= 4 is 0 Å². The van der Waals surface area contributed by atoms with E-state index >= 15 is 0 Å². The van der Waals surface area contributed by atoms with E-state index in [0.717, 1.165) is 6.42 Å². The van der Waals surface area contributed by atoms with Crippen LogP contribution in [0.1, 0.15) is 89.0 Å². The molecule has 18 heavy (non-hydrogen) atoms. The van der Waals surface area contributed by atoms with Crippen molar-refractivity contribution < 1.29 is 0 Å². The maximum Gasteiger partial charge on any atom is 0.0621 e. The zero-order chi connectivity index (χ0) is 15.6. The molecule has 0 heterocycles. The first-order valence-corrected chi connectivity index (χ1v) is 6.93. The van der Waals surface area contributed by atoms with Crippen LogP contribution in [0, 0.1) is 27.6 Å². The molecule has 0 amide bonds. The highest BCUT2D eigenvalue weighted by molar-refractivity contribution is 4.73. The molecule has 1 heteroatoms. The first-order chi connectivity index (χ1) is 7.56. The van der Waals surface area contributed by atoms with E-state index in [1.54, 1.807) is 0 Å². The normalized spacial score (nSPS) is 11.4. The van der Waals surface area contributed by atoms with Crippen molar-refractivity contribution in [3.63, 3.8) is 0 Å². The van der Waals surface area contributed by atoms with Crippen molar-refractivity contribution in [1.82, 2.24) is 0 Å². The summed E-state index contributed by atoms with van der Waals surface area (Å²) in [6.07, 6.45) is 1.69. The van der Waals surface area contributed by atoms with Crippen molar-refractivity contribution in [2.45, 2.75) is 89.0 Å². The average molecular weight is 255 g/mol. The Morgan fingerprint density at radius 1 is 0.667 bits per heavy atom. The van der Waals surface area contributed by atoms with E-state index in [4.69, 9.17) is 5.26 Å². The largest absolute Gasteiger partial charge is 0.198 e. The molecule has 0 spiro atoms. The number of hydrogen-bond acceptors (Lipinski definition) is 1. The highest BCUT2D eigenvalue weighted by atomic mass is 14.2. The maximum absolute atomic E-state index is 8.18. The number of nitriles is 1. The Balaban J connectivity index is -0.000000197. The topological polar surface area (TPSA) is 23.8 Å². The Morgan fingerprint density at radius 2 is 0.889 bits per heavy atom. The minimum atomic E-state index is 0.329.